The zero-order valence-electron chi connectivity index (χ0n) is 7.78. The lowest BCUT2D eigenvalue weighted by Crippen LogP contribution is -2.82. The van der Waals surface area contributed by atoms with Crippen LogP contribution in [0.5, 0.6) is 0 Å². The highest BCUT2D eigenvalue weighted by Gasteiger charge is 2.35. The van der Waals surface area contributed by atoms with E-state index < -0.39 is 0 Å². The standard InChI is InChI=1S/C8H13NO4/c1-5(10)12-7-3-9-4-8(7)13-6(2)11/h7-9H,3-4H2,1-2H3/p+1/t7-,8-/m0/s1. The van der Waals surface area contributed by atoms with Crippen LogP contribution in [-0.2, 0) is 19.1 Å². The van der Waals surface area contributed by atoms with Gasteiger partial charge >= 0.3 is 11.9 Å². The SMILES string of the molecule is CC(=O)O[C@H]1C[NH2+]C[C@@H]1OC(C)=O. The molecule has 0 aromatic carbocycles. The van der Waals surface area contributed by atoms with Gasteiger partial charge in [0.05, 0.1) is 0 Å². The largest absolute Gasteiger partial charge is 0.452 e. The van der Waals surface area contributed by atoms with E-state index in [1.54, 1.807) is 0 Å². The smallest absolute Gasteiger partial charge is 0.303 e. The maximum atomic E-state index is 10.7. The lowest BCUT2D eigenvalue weighted by atomic mass is 10.2. The number of ether oxygens (including phenoxy) is 2. The minimum Gasteiger partial charge on any atom is -0.452 e. The molecule has 1 aliphatic rings. The molecule has 0 unspecified atom stereocenters. The highest BCUT2D eigenvalue weighted by molar-refractivity contribution is 5.67. The minimum absolute atomic E-state index is 0.290. The second-order valence-electron chi connectivity index (χ2n) is 3.06. The summed E-state index contributed by atoms with van der Waals surface area (Å²) in [4.78, 5) is 21.3. The van der Waals surface area contributed by atoms with Gasteiger partial charge in [-0.15, -0.1) is 0 Å². The number of nitrogens with two attached hydrogens (primary N) is 1. The number of carbonyl (C=O) groups excluding carboxylic acids is 2. The zero-order valence-corrected chi connectivity index (χ0v) is 7.78. The quantitative estimate of drug-likeness (QED) is 0.531. The molecule has 1 rings (SSSR count). The van der Waals surface area contributed by atoms with Gasteiger partial charge in [0, 0.05) is 13.8 Å². The van der Waals surface area contributed by atoms with Gasteiger partial charge in [0.25, 0.3) is 0 Å². The number of rotatable bonds is 2. The van der Waals surface area contributed by atoms with Crippen LogP contribution in [-0.4, -0.2) is 37.2 Å². The molecule has 74 valence electrons. The third-order valence-electron chi connectivity index (χ3n) is 1.85. The van der Waals surface area contributed by atoms with Gasteiger partial charge in [-0.2, -0.15) is 0 Å². The molecule has 0 aromatic heterocycles. The fourth-order valence-corrected chi connectivity index (χ4v) is 1.40. The van der Waals surface area contributed by atoms with Gasteiger partial charge in [-0.25, -0.2) is 0 Å². The molecule has 0 radical (unpaired) electrons. The summed E-state index contributed by atoms with van der Waals surface area (Å²) >= 11 is 0. The van der Waals surface area contributed by atoms with Gasteiger partial charge in [-0.1, -0.05) is 0 Å². The average molecular weight is 188 g/mol. The second kappa shape index (κ2) is 4.23. The predicted molar refractivity (Wildman–Crippen MR) is 42.8 cm³/mol. The molecule has 2 atom stereocenters. The fraction of sp³-hybridized carbons (Fsp3) is 0.750. The summed E-state index contributed by atoms with van der Waals surface area (Å²) < 4.78 is 9.95. The normalized spacial score (nSPS) is 26.9. The van der Waals surface area contributed by atoms with E-state index in [-0.39, 0.29) is 24.1 Å². The summed E-state index contributed by atoms with van der Waals surface area (Å²) in [5.74, 6) is -0.671. The summed E-state index contributed by atoms with van der Waals surface area (Å²) in [5, 5.41) is 1.96. The highest BCUT2D eigenvalue weighted by Crippen LogP contribution is 2.05. The van der Waals surface area contributed by atoms with Crippen molar-refractivity contribution in [3.63, 3.8) is 0 Å². The molecule has 0 aliphatic carbocycles. The van der Waals surface area contributed by atoms with E-state index in [4.69, 9.17) is 9.47 Å². The van der Waals surface area contributed by atoms with Crippen molar-refractivity contribution in [2.75, 3.05) is 13.1 Å². The molecule has 5 heteroatoms. The van der Waals surface area contributed by atoms with E-state index in [0.29, 0.717) is 13.1 Å². The monoisotopic (exact) mass is 188 g/mol. The average Bonchev–Trinajstić information content (AvgIpc) is 2.34. The molecule has 0 aromatic rings. The molecule has 0 amide bonds. The Morgan fingerprint density at radius 1 is 1.08 bits per heavy atom. The van der Waals surface area contributed by atoms with Crippen LogP contribution < -0.4 is 5.32 Å². The summed E-state index contributed by atoms with van der Waals surface area (Å²) in [7, 11) is 0. The van der Waals surface area contributed by atoms with Crippen molar-refractivity contribution in [3.8, 4) is 0 Å². The van der Waals surface area contributed by atoms with Crippen molar-refractivity contribution in [3.05, 3.63) is 0 Å². The van der Waals surface area contributed by atoms with Crippen molar-refractivity contribution in [2.45, 2.75) is 26.1 Å². The minimum atomic E-state index is -0.336. The molecule has 0 spiro atoms. The first-order chi connectivity index (χ1) is 6.09. The molecule has 1 heterocycles. The van der Waals surface area contributed by atoms with E-state index in [2.05, 4.69) is 0 Å². The van der Waals surface area contributed by atoms with Crippen molar-refractivity contribution in [1.82, 2.24) is 0 Å². The first-order valence-corrected chi connectivity index (χ1v) is 4.25. The highest BCUT2D eigenvalue weighted by atomic mass is 16.6. The van der Waals surface area contributed by atoms with E-state index >= 15 is 0 Å². The Balaban J connectivity index is 2.43. The predicted octanol–water partition coefficient (Wildman–Crippen LogP) is -1.57. The van der Waals surface area contributed by atoms with Gasteiger partial charge in [0.1, 0.15) is 13.1 Å². The molecule has 13 heavy (non-hydrogen) atoms. The molecule has 0 saturated carbocycles. The topological polar surface area (TPSA) is 69.2 Å². The Morgan fingerprint density at radius 2 is 1.46 bits per heavy atom. The Hall–Kier alpha value is -1.10. The van der Waals surface area contributed by atoms with Crippen molar-refractivity contribution >= 4 is 11.9 Å². The Labute approximate surface area is 76.4 Å². The van der Waals surface area contributed by atoms with Crippen molar-refractivity contribution in [1.29, 1.82) is 0 Å². The zero-order chi connectivity index (χ0) is 9.84. The summed E-state index contributed by atoms with van der Waals surface area (Å²) in [6.45, 7) is 4.03. The lowest BCUT2D eigenvalue weighted by molar-refractivity contribution is -0.640. The molecular weight excluding hydrogens is 174 g/mol. The van der Waals surface area contributed by atoms with Gasteiger partial charge in [-0.3, -0.25) is 9.59 Å². The van der Waals surface area contributed by atoms with Gasteiger partial charge in [0.2, 0.25) is 0 Å². The summed E-state index contributed by atoms with van der Waals surface area (Å²) in [6, 6.07) is 0. The number of hydrogen-bond donors (Lipinski definition) is 1. The summed E-state index contributed by atoms with van der Waals surface area (Å²) in [5.41, 5.74) is 0. The van der Waals surface area contributed by atoms with Crippen molar-refractivity contribution < 1.29 is 24.4 Å². The second-order valence-corrected chi connectivity index (χ2v) is 3.06. The third-order valence-corrected chi connectivity index (χ3v) is 1.85. The van der Waals surface area contributed by atoms with Gasteiger partial charge in [-0.05, 0) is 0 Å². The molecule has 0 bridgehead atoms. The van der Waals surface area contributed by atoms with Crippen LogP contribution in [0.25, 0.3) is 0 Å². The Bertz CT molecular complexity index is 194. The number of hydrogen-bond acceptors (Lipinski definition) is 4. The number of carbonyl (C=O) groups is 2. The van der Waals surface area contributed by atoms with Crippen LogP contribution in [0.15, 0.2) is 0 Å². The maximum absolute atomic E-state index is 10.7. The molecule has 2 N–H and O–H groups in total. The molecule has 5 nitrogen and oxygen atoms in total. The molecular formula is C8H14NO4+. The van der Waals surface area contributed by atoms with E-state index in [1.165, 1.54) is 13.8 Å². The van der Waals surface area contributed by atoms with Crippen LogP contribution in [0.1, 0.15) is 13.8 Å². The van der Waals surface area contributed by atoms with E-state index in [9.17, 15) is 9.59 Å². The number of esters is 2. The first kappa shape index (κ1) is 9.98. The Kier molecular flexibility index (Phi) is 3.25. The molecule has 1 saturated heterocycles. The van der Waals surface area contributed by atoms with E-state index in [0.717, 1.165) is 0 Å². The van der Waals surface area contributed by atoms with Gasteiger partial charge in [0.15, 0.2) is 12.2 Å². The lowest BCUT2D eigenvalue weighted by Gasteiger charge is -2.15. The van der Waals surface area contributed by atoms with Crippen molar-refractivity contribution in [2.24, 2.45) is 0 Å². The van der Waals surface area contributed by atoms with Gasteiger partial charge < -0.3 is 14.8 Å². The fourth-order valence-electron chi connectivity index (χ4n) is 1.40. The molecule has 1 aliphatic heterocycles. The summed E-state index contributed by atoms with van der Waals surface area (Å²) in [6.07, 6.45) is -0.581. The Morgan fingerprint density at radius 3 is 1.77 bits per heavy atom. The molecule has 1 fully saturated rings. The number of quaternary nitrogens is 1. The first-order valence-electron chi connectivity index (χ1n) is 4.25. The van der Waals surface area contributed by atoms with Crippen LogP contribution in [0.4, 0.5) is 0 Å². The maximum Gasteiger partial charge on any atom is 0.303 e. The van der Waals surface area contributed by atoms with Crippen LogP contribution >= 0.6 is 0 Å². The van der Waals surface area contributed by atoms with Crippen LogP contribution in [0, 0.1) is 0 Å². The van der Waals surface area contributed by atoms with Crippen LogP contribution in [0.3, 0.4) is 0 Å². The third kappa shape index (κ3) is 3.02. The van der Waals surface area contributed by atoms with E-state index in [1.807, 2.05) is 5.32 Å². The van der Waals surface area contributed by atoms with Crippen LogP contribution in [0.2, 0.25) is 0 Å².